The zero-order chi connectivity index (χ0) is 13.8. The number of aliphatic hydroxyl groups excluding tert-OH is 1. The molecule has 18 heavy (non-hydrogen) atoms. The van der Waals surface area contributed by atoms with E-state index in [4.69, 9.17) is 10.9 Å². The fraction of sp³-hybridized carbons (Fsp3) is 0.636. The van der Waals surface area contributed by atoms with E-state index >= 15 is 0 Å². The average molecular weight is 257 g/mol. The third-order valence-electron chi connectivity index (χ3n) is 2.65. The molecule has 1 aromatic heterocycles. The van der Waals surface area contributed by atoms with Crippen molar-refractivity contribution in [2.75, 3.05) is 17.3 Å². The predicted molar refractivity (Wildman–Crippen MR) is 68.4 cm³/mol. The van der Waals surface area contributed by atoms with Gasteiger partial charge in [-0.2, -0.15) is 4.98 Å². The van der Waals surface area contributed by atoms with Crippen LogP contribution in [0.5, 0.6) is 0 Å². The maximum Gasteiger partial charge on any atom is 0.239 e. The molecular weight excluding hydrogens is 237 g/mol. The minimum absolute atomic E-state index is 0.0175. The maximum atomic E-state index is 13.6. The summed E-state index contributed by atoms with van der Waals surface area (Å²) in [5, 5.41) is 12.0. The first-order valence-corrected chi connectivity index (χ1v) is 5.75. The van der Waals surface area contributed by atoms with Crippen molar-refractivity contribution in [3.05, 3.63) is 12.0 Å². The number of hydrogen-bond donors (Lipinski definition) is 4. The molecule has 0 aliphatic rings. The second-order valence-electron chi connectivity index (χ2n) is 5.11. The van der Waals surface area contributed by atoms with Crippen LogP contribution in [0.25, 0.3) is 0 Å². The molecule has 0 amide bonds. The molecular formula is C11H20FN5O. The maximum absolute atomic E-state index is 13.6. The smallest absolute Gasteiger partial charge is 0.239 e. The zero-order valence-corrected chi connectivity index (χ0v) is 10.9. The first kappa shape index (κ1) is 14.6. The van der Waals surface area contributed by atoms with E-state index in [1.54, 1.807) is 0 Å². The molecule has 1 rings (SSSR count). The second-order valence-corrected chi connectivity index (χ2v) is 5.11. The molecule has 0 fully saturated rings. The van der Waals surface area contributed by atoms with Gasteiger partial charge in [-0.15, -0.1) is 0 Å². The Labute approximate surface area is 106 Å². The van der Waals surface area contributed by atoms with Gasteiger partial charge in [0.25, 0.3) is 0 Å². The minimum atomic E-state index is -0.554. The lowest BCUT2D eigenvalue weighted by Crippen LogP contribution is -2.35. The fourth-order valence-electron chi connectivity index (χ4n) is 1.55. The summed E-state index contributed by atoms with van der Waals surface area (Å²) in [7, 11) is 0. The number of aliphatic hydroxyl groups is 1. The molecule has 6 nitrogen and oxygen atoms in total. The highest BCUT2D eigenvalue weighted by Gasteiger charge is 2.25. The third kappa shape index (κ3) is 3.78. The molecule has 1 aromatic rings. The summed E-state index contributed by atoms with van der Waals surface area (Å²) < 4.78 is 13.6. The average Bonchev–Trinajstić information content (AvgIpc) is 2.30. The Morgan fingerprint density at radius 1 is 1.50 bits per heavy atom. The van der Waals surface area contributed by atoms with Crippen molar-refractivity contribution in [1.82, 2.24) is 9.97 Å². The van der Waals surface area contributed by atoms with Crippen LogP contribution < -0.4 is 16.6 Å². The van der Waals surface area contributed by atoms with Crippen LogP contribution in [0.4, 0.5) is 16.2 Å². The van der Waals surface area contributed by atoms with E-state index in [0.29, 0.717) is 6.42 Å². The van der Waals surface area contributed by atoms with Gasteiger partial charge in [0.05, 0.1) is 6.20 Å². The summed E-state index contributed by atoms with van der Waals surface area (Å²) >= 11 is 0. The molecule has 0 bridgehead atoms. The quantitative estimate of drug-likeness (QED) is 0.466. The lowest BCUT2D eigenvalue weighted by atomic mass is 9.85. The van der Waals surface area contributed by atoms with Gasteiger partial charge in [-0.1, -0.05) is 20.8 Å². The van der Waals surface area contributed by atoms with E-state index in [1.165, 1.54) is 0 Å². The number of rotatable bonds is 5. The molecule has 0 aromatic carbocycles. The van der Waals surface area contributed by atoms with Crippen LogP contribution in [0, 0.1) is 11.2 Å². The number of nitrogens with two attached hydrogens (primary N) is 1. The van der Waals surface area contributed by atoms with E-state index in [-0.39, 0.29) is 29.8 Å². The molecule has 0 saturated carbocycles. The topological polar surface area (TPSA) is 96.1 Å². The summed E-state index contributed by atoms with van der Waals surface area (Å²) in [5.41, 5.74) is 2.12. The van der Waals surface area contributed by atoms with Gasteiger partial charge in [0.1, 0.15) is 0 Å². The van der Waals surface area contributed by atoms with E-state index < -0.39 is 5.82 Å². The number of hydrogen-bond acceptors (Lipinski definition) is 6. The van der Waals surface area contributed by atoms with E-state index in [2.05, 4.69) is 20.7 Å². The van der Waals surface area contributed by atoms with Gasteiger partial charge >= 0.3 is 0 Å². The van der Waals surface area contributed by atoms with Crippen LogP contribution in [0.2, 0.25) is 0 Å². The van der Waals surface area contributed by atoms with Crippen LogP contribution >= 0.6 is 0 Å². The standard InChI is InChI=1S/C11H20FN5O/c1-11(2,3)8(4-5-18)15-9-7(12)6-14-10(16-9)17-13/h6,8,18H,4-5,13H2,1-3H3,(H2,14,15,16,17). The van der Waals surface area contributed by atoms with Crippen LogP contribution in [-0.4, -0.2) is 27.7 Å². The van der Waals surface area contributed by atoms with Gasteiger partial charge in [-0.25, -0.2) is 15.2 Å². The minimum Gasteiger partial charge on any atom is -0.396 e. The summed E-state index contributed by atoms with van der Waals surface area (Å²) in [5.74, 6) is 4.83. The Hall–Kier alpha value is -1.47. The van der Waals surface area contributed by atoms with Crippen LogP contribution in [0.15, 0.2) is 6.20 Å². The van der Waals surface area contributed by atoms with Gasteiger partial charge in [0.15, 0.2) is 11.6 Å². The summed E-state index contributed by atoms with van der Waals surface area (Å²) in [6, 6.07) is -0.113. The number of nitrogens with zero attached hydrogens (tertiary/aromatic N) is 2. The number of nitrogens with one attached hydrogen (secondary N) is 2. The van der Waals surface area contributed by atoms with Crippen LogP contribution in [0.3, 0.4) is 0 Å². The number of nitrogen functional groups attached to an aromatic ring is 1. The van der Waals surface area contributed by atoms with Crippen molar-refractivity contribution in [1.29, 1.82) is 0 Å². The molecule has 0 spiro atoms. The number of halogens is 1. The summed E-state index contributed by atoms with van der Waals surface area (Å²) in [6.07, 6.45) is 1.54. The van der Waals surface area contributed by atoms with Crippen molar-refractivity contribution >= 4 is 11.8 Å². The molecule has 5 N–H and O–H groups in total. The van der Waals surface area contributed by atoms with Gasteiger partial charge in [-0.3, -0.25) is 5.43 Å². The molecule has 0 saturated heterocycles. The molecule has 102 valence electrons. The van der Waals surface area contributed by atoms with Crippen molar-refractivity contribution in [2.45, 2.75) is 33.2 Å². The largest absolute Gasteiger partial charge is 0.396 e. The van der Waals surface area contributed by atoms with Gasteiger partial charge in [0, 0.05) is 12.6 Å². The van der Waals surface area contributed by atoms with Crippen molar-refractivity contribution < 1.29 is 9.50 Å². The number of hydrazine groups is 1. The first-order chi connectivity index (χ1) is 8.38. The SMILES string of the molecule is CC(C)(C)C(CCO)Nc1nc(NN)ncc1F. The normalized spacial score (nSPS) is 13.2. The Kier molecular flexibility index (Phi) is 4.80. The van der Waals surface area contributed by atoms with Crippen molar-refractivity contribution in [2.24, 2.45) is 11.3 Å². The predicted octanol–water partition coefficient (Wildman–Crippen LogP) is 1.11. The first-order valence-electron chi connectivity index (χ1n) is 5.75. The lowest BCUT2D eigenvalue weighted by Gasteiger charge is -2.31. The van der Waals surface area contributed by atoms with Crippen molar-refractivity contribution in [3.63, 3.8) is 0 Å². The molecule has 0 aliphatic carbocycles. The fourth-order valence-corrected chi connectivity index (χ4v) is 1.55. The highest BCUT2D eigenvalue weighted by atomic mass is 19.1. The summed E-state index contributed by atoms with van der Waals surface area (Å²) in [4.78, 5) is 7.57. The second kappa shape index (κ2) is 5.92. The Morgan fingerprint density at radius 3 is 2.67 bits per heavy atom. The third-order valence-corrected chi connectivity index (χ3v) is 2.65. The molecule has 1 atom stereocenters. The highest BCUT2D eigenvalue weighted by Crippen LogP contribution is 2.25. The number of aromatic nitrogens is 2. The zero-order valence-electron chi connectivity index (χ0n) is 10.9. The van der Waals surface area contributed by atoms with Crippen LogP contribution in [0.1, 0.15) is 27.2 Å². The van der Waals surface area contributed by atoms with Gasteiger partial charge < -0.3 is 10.4 Å². The Morgan fingerprint density at radius 2 is 2.17 bits per heavy atom. The van der Waals surface area contributed by atoms with Gasteiger partial charge in [-0.05, 0) is 11.8 Å². The summed E-state index contributed by atoms with van der Waals surface area (Å²) in [6.45, 7) is 6.02. The van der Waals surface area contributed by atoms with Crippen LogP contribution in [-0.2, 0) is 0 Å². The van der Waals surface area contributed by atoms with E-state index in [1.807, 2.05) is 20.8 Å². The van der Waals surface area contributed by atoms with Crippen molar-refractivity contribution in [3.8, 4) is 0 Å². The highest BCUT2D eigenvalue weighted by molar-refractivity contribution is 5.41. The Bertz CT molecular complexity index is 394. The molecule has 0 aliphatic heterocycles. The van der Waals surface area contributed by atoms with E-state index in [0.717, 1.165) is 6.20 Å². The number of anilines is 2. The van der Waals surface area contributed by atoms with E-state index in [9.17, 15) is 4.39 Å². The van der Waals surface area contributed by atoms with Gasteiger partial charge in [0.2, 0.25) is 5.95 Å². The molecule has 1 heterocycles. The molecule has 7 heteroatoms. The molecule has 1 unspecified atom stereocenters. The monoisotopic (exact) mass is 257 g/mol. The lowest BCUT2D eigenvalue weighted by molar-refractivity contribution is 0.234. The molecule has 0 radical (unpaired) electrons. The Balaban J connectivity index is 2.92.